The molecule has 3 rings (SSSR count). The minimum absolute atomic E-state index is 0.0837. The number of H-pyrrole nitrogens is 1. The molecule has 0 amide bonds. The van der Waals surface area contributed by atoms with Crippen molar-refractivity contribution in [2.24, 2.45) is 0 Å². The van der Waals surface area contributed by atoms with Crippen LogP contribution in [0.15, 0.2) is 24.3 Å². The number of hydrogen-bond acceptors (Lipinski definition) is 5. The zero-order valence-electron chi connectivity index (χ0n) is 11.7. The van der Waals surface area contributed by atoms with E-state index < -0.39 is 0 Å². The fraction of sp³-hybridized carbons (Fsp3) is 0.500. The molecule has 2 N–H and O–H groups in total. The zero-order chi connectivity index (χ0) is 13.8. The fourth-order valence-electron chi connectivity index (χ4n) is 2.63. The van der Waals surface area contributed by atoms with E-state index >= 15 is 0 Å². The van der Waals surface area contributed by atoms with Gasteiger partial charge < -0.3 is 10.2 Å². The van der Waals surface area contributed by atoms with Gasteiger partial charge in [-0.2, -0.15) is 5.21 Å². The highest BCUT2D eigenvalue weighted by atomic mass is 15.5. The number of para-hydroxylation sites is 1. The second-order valence-corrected chi connectivity index (χ2v) is 5.20. The Balaban J connectivity index is 1.68. The SMILES string of the molecule is CC(NCc1ccccc1N1CCCC1)c1nn[nH]n1. The number of anilines is 1. The zero-order valence-corrected chi connectivity index (χ0v) is 11.7. The Morgan fingerprint density at radius 2 is 2.10 bits per heavy atom. The van der Waals surface area contributed by atoms with E-state index in [2.05, 4.69) is 55.1 Å². The Morgan fingerprint density at radius 3 is 2.85 bits per heavy atom. The highest BCUT2D eigenvalue weighted by Gasteiger charge is 2.16. The number of benzene rings is 1. The van der Waals surface area contributed by atoms with Gasteiger partial charge in [-0.3, -0.25) is 0 Å². The normalized spacial score (nSPS) is 16.6. The minimum atomic E-state index is 0.0837. The van der Waals surface area contributed by atoms with Crippen LogP contribution in [0.3, 0.4) is 0 Å². The van der Waals surface area contributed by atoms with Crippen molar-refractivity contribution in [3.63, 3.8) is 0 Å². The second kappa shape index (κ2) is 6.00. The van der Waals surface area contributed by atoms with Crippen LogP contribution < -0.4 is 10.2 Å². The van der Waals surface area contributed by atoms with Crippen LogP contribution in [0.4, 0.5) is 5.69 Å². The van der Waals surface area contributed by atoms with Gasteiger partial charge in [0.25, 0.3) is 0 Å². The Hall–Kier alpha value is -1.95. The first-order valence-electron chi connectivity index (χ1n) is 7.14. The Kier molecular flexibility index (Phi) is 3.92. The summed E-state index contributed by atoms with van der Waals surface area (Å²) in [4.78, 5) is 2.47. The molecule has 2 aromatic rings. The number of hydrogen-bond donors (Lipinski definition) is 2. The van der Waals surface area contributed by atoms with Crippen LogP contribution in [0.25, 0.3) is 0 Å². The van der Waals surface area contributed by atoms with E-state index in [-0.39, 0.29) is 6.04 Å². The van der Waals surface area contributed by atoms with Crippen LogP contribution in [0.5, 0.6) is 0 Å². The molecule has 0 spiro atoms. The molecule has 1 aliphatic heterocycles. The van der Waals surface area contributed by atoms with E-state index in [1.54, 1.807) is 0 Å². The van der Waals surface area contributed by atoms with E-state index in [0.717, 1.165) is 19.6 Å². The molecule has 1 aromatic heterocycles. The molecular formula is C14H20N6. The van der Waals surface area contributed by atoms with Crippen molar-refractivity contribution in [2.45, 2.75) is 32.4 Å². The lowest BCUT2D eigenvalue weighted by Gasteiger charge is -2.22. The second-order valence-electron chi connectivity index (χ2n) is 5.20. The first kappa shape index (κ1) is 13.1. The molecule has 6 heteroatoms. The molecule has 1 atom stereocenters. The van der Waals surface area contributed by atoms with Gasteiger partial charge in [-0.1, -0.05) is 23.4 Å². The molecule has 2 heterocycles. The van der Waals surface area contributed by atoms with Crippen LogP contribution in [0.2, 0.25) is 0 Å². The average molecular weight is 272 g/mol. The van der Waals surface area contributed by atoms with Gasteiger partial charge in [-0.05, 0) is 31.4 Å². The standard InChI is InChI=1S/C14H20N6/c1-11(14-16-18-19-17-14)15-10-12-6-2-3-7-13(12)20-8-4-5-9-20/h2-3,6-7,11,15H,4-5,8-10H2,1H3,(H,16,17,18,19). The quantitative estimate of drug-likeness (QED) is 0.866. The van der Waals surface area contributed by atoms with Crippen LogP contribution in [0.1, 0.15) is 37.2 Å². The van der Waals surface area contributed by atoms with E-state index in [1.807, 2.05) is 6.92 Å². The van der Waals surface area contributed by atoms with Gasteiger partial charge in [0.15, 0.2) is 5.82 Å². The van der Waals surface area contributed by atoms with Gasteiger partial charge in [-0.15, -0.1) is 10.2 Å². The molecule has 1 aromatic carbocycles. The fourth-order valence-corrected chi connectivity index (χ4v) is 2.63. The van der Waals surface area contributed by atoms with Crippen molar-refractivity contribution >= 4 is 5.69 Å². The Labute approximate surface area is 118 Å². The molecule has 1 fully saturated rings. The maximum atomic E-state index is 4.01. The van der Waals surface area contributed by atoms with Gasteiger partial charge in [-0.25, -0.2) is 0 Å². The van der Waals surface area contributed by atoms with Crippen molar-refractivity contribution in [3.8, 4) is 0 Å². The van der Waals surface area contributed by atoms with Gasteiger partial charge in [0.05, 0.1) is 6.04 Å². The topological polar surface area (TPSA) is 69.7 Å². The smallest absolute Gasteiger partial charge is 0.191 e. The lowest BCUT2D eigenvalue weighted by atomic mass is 10.1. The van der Waals surface area contributed by atoms with Gasteiger partial charge in [0.2, 0.25) is 0 Å². The van der Waals surface area contributed by atoms with Crippen molar-refractivity contribution in [1.82, 2.24) is 25.9 Å². The predicted octanol–water partition coefficient (Wildman–Crippen LogP) is 1.65. The summed E-state index contributed by atoms with van der Waals surface area (Å²) in [5, 5.41) is 17.6. The lowest BCUT2D eigenvalue weighted by Crippen LogP contribution is -2.23. The van der Waals surface area contributed by atoms with Crippen molar-refractivity contribution in [2.75, 3.05) is 18.0 Å². The number of nitrogens with zero attached hydrogens (tertiary/aromatic N) is 4. The molecule has 6 nitrogen and oxygen atoms in total. The van der Waals surface area contributed by atoms with Crippen LogP contribution in [-0.2, 0) is 6.54 Å². The van der Waals surface area contributed by atoms with Gasteiger partial charge >= 0.3 is 0 Å². The first-order chi connectivity index (χ1) is 9.84. The van der Waals surface area contributed by atoms with E-state index in [4.69, 9.17) is 0 Å². The highest BCUT2D eigenvalue weighted by molar-refractivity contribution is 5.54. The Bertz CT molecular complexity index is 532. The monoisotopic (exact) mass is 272 g/mol. The molecule has 1 unspecified atom stereocenters. The van der Waals surface area contributed by atoms with Crippen molar-refractivity contribution in [1.29, 1.82) is 0 Å². The van der Waals surface area contributed by atoms with E-state index in [1.165, 1.54) is 24.1 Å². The van der Waals surface area contributed by atoms with Gasteiger partial charge in [0.1, 0.15) is 0 Å². The maximum Gasteiger partial charge on any atom is 0.191 e. The summed E-state index contributed by atoms with van der Waals surface area (Å²) in [6, 6.07) is 8.68. The van der Waals surface area contributed by atoms with E-state index in [9.17, 15) is 0 Å². The maximum absolute atomic E-state index is 4.01. The van der Waals surface area contributed by atoms with Crippen molar-refractivity contribution < 1.29 is 0 Å². The number of rotatable bonds is 5. The minimum Gasteiger partial charge on any atom is -0.371 e. The number of nitrogens with one attached hydrogen (secondary N) is 2. The molecule has 0 radical (unpaired) electrons. The Morgan fingerprint density at radius 1 is 1.30 bits per heavy atom. The molecular weight excluding hydrogens is 252 g/mol. The third-order valence-corrected chi connectivity index (χ3v) is 3.79. The molecule has 0 saturated carbocycles. The first-order valence-corrected chi connectivity index (χ1v) is 7.14. The highest BCUT2D eigenvalue weighted by Crippen LogP contribution is 2.24. The average Bonchev–Trinajstić information content (AvgIpc) is 3.17. The molecule has 0 aliphatic carbocycles. The van der Waals surface area contributed by atoms with Gasteiger partial charge in [0, 0.05) is 25.3 Å². The molecule has 0 bridgehead atoms. The number of aromatic nitrogens is 4. The molecule has 20 heavy (non-hydrogen) atoms. The summed E-state index contributed by atoms with van der Waals surface area (Å²) in [6.07, 6.45) is 2.59. The van der Waals surface area contributed by atoms with Crippen LogP contribution >= 0.6 is 0 Å². The molecule has 1 saturated heterocycles. The molecule has 1 aliphatic rings. The molecule has 106 valence electrons. The summed E-state index contributed by atoms with van der Waals surface area (Å²) in [6.45, 7) is 5.18. The summed E-state index contributed by atoms with van der Waals surface area (Å²) in [5.41, 5.74) is 2.67. The summed E-state index contributed by atoms with van der Waals surface area (Å²) in [7, 11) is 0. The van der Waals surface area contributed by atoms with Crippen LogP contribution in [0, 0.1) is 0 Å². The largest absolute Gasteiger partial charge is 0.371 e. The van der Waals surface area contributed by atoms with Crippen LogP contribution in [-0.4, -0.2) is 33.7 Å². The summed E-state index contributed by atoms with van der Waals surface area (Å²) < 4.78 is 0. The van der Waals surface area contributed by atoms with E-state index in [0.29, 0.717) is 5.82 Å². The number of aromatic amines is 1. The lowest BCUT2D eigenvalue weighted by molar-refractivity contribution is 0.546. The predicted molar refractivity (Wildman–Crippen MR) is 77.3 cm³/mol. The summed E-state index contributed by atoms with van der Waals surface area (Å²) >= 11 is 0. The van der Waals surface area contributed by atoms with Crippen molar-refractivity contribution in [3.05, 3.63) is 35.7 Å². The third-order valence-electron chi connectivity index (χ3n) is 3.79. The third kappa shape index (κ3) is 2.80. The summed E-state index contributed by atoms with van der Waals surface area (Å²) in [5.74, 6) is 0.698. The number of tetrazole rings is 1.